The minimum atomic E-state index is -0.532. The van der Waals surface area contributed by atoms with E-state index in [-0.39, 0.29) is 5.57 Å². The first-order chi connectivity index (χ1) is 12.5. The molecule has 0 radical (unpaired) electrons. The zero-order valence-corrected chi connectivity index (χ0v) is 14.9. The van der Waals surface area contributed by atoms with Gasteiger partial charge in [0.25, 0.3) is 5.91 Å². The van der Waals surface area contributed by atoms with Gasteiger partial charge in [0.1, 0.15) is 23.2 Å². The van der Waals surface area contributed by atoms with Gasteiger partial charge in [-0.25, -0.2) is 0 Å². The number of anilines is 1. The molecule has 0 bridgehead atoms. The lowest BCUT2D eigenvalue weighted by Gasteiger charge is -2.03. The molecule has 4 nitrogen and oxygen atoms in total. The number of benzene rings is 2. The molecule has 0 atom stereocenters. The Kier molecular flexibility index (Phi) is 5.43. The first-order valence-electron chi connectivity index (χ1n) is 7.59. The second kappa shape index (κ2) is 7.92. The molecule has 1 heterocycles. The summed E-state index contributed by atoms with van der Waals surface area (Å²) in [4.78, 5) is 12.3. The molecular formula is C20H12Cl2N2O2. The average Bonchev–Trinajstić information content (AvgIpc) is 3.10. The third-order valence-electron chi connectivity index (χ3n) is 3.49. The summed E-state index contributed by atoms with van der Waals surface area (Å²) in [5.74, 6) is 0.451. The first kappa shape index (κ1) is 17.8. The van der Waals surface area contributed by atoms with E-state index in [1.807, 2.05) is 18.2 Å². The number of carbonyl (C=O) groups is 1. The molecule has 0 aliphatic rings. The van der Waals surface area contributed by atoms with Gasteiger partial charge < -0.3 is 9.73 Å². The van der Waals surface area contributed by atoms with E-state index >= 15 is 0 Å². The highest BCUT2D eigenvalue weighted by Crippen LogP contribution is 2.26. The van der Waals surface area contributed by atoms with Crippen LogP contribution in [0.3, 0.4) is 0 Å². The zero-order chi connectivity index (χ0) is 18.5. The minimum Gasteiger partial charge on any atom is -0.457 e. The Hall–Kier alpha value is -3.00. The summed E-state index contributed by atoms with van der Waals surface area (Å²) >= 11 is 11.8. The van der Waals surface area contributed by atoms with Gasteiger partial charge in [-0.1, -0.05) is 35.3 Å². The minimum absolute atomic E-state index is 0.0769. The molecule has 128 valence electrons. The maximum Gasteiger partial charge on any atom is 0.266 e. The number of nitrogens with one attached hydrogen (secondary N) is 1. The summed E-state index contributed by atoms with van der Waals surface area (Å²) < 4.78 is 5.69. The molecule has 0 saturated heterocycles. The molecule has 0 saturated carbocycles. The fourth-order valence-corrected chi connectivity index (χ4v) is 2.57. The molecule has 6 heteroatoms. The molecule has 3 rings (SSSR count). The molecule has 1 N–H and O–H groups in total. The van der Waals surface area contributed by atoms with E-state index < -0.39 is 5.91 Å². The highest BCUT2D eigenvalue weighted by atomic mass is 35.5. The molecule has 0 unspecified atom stereocenters. The first-order valence-corrected chi connectivity index (χ1v) is 8.35. The molecule has 0 spiro atoms. The van der Waals surface area contributed by atoms with Gasteiger partial charge in [-0.15, -0.1) is 0 Å². The summed E-state index contributed by atoms with van der Waals surface area (Å²) in [6.45, 7) is 0. The van der Waals surface area contributed by atoms with Gasteiger partial charge in [-0.3, -0.25) is 4.79 Å². The summed E-state index contributed by atoms with van der Waals surface area (Å²) in [5, 5.41) is 13.1. The van der Waals surface area contributed by atoms with Crippen LogP contribution in [0.5, 0.6) is 0 Å². The van der Waals surface area contributed by atoms with Gasteiger partial charge in [-0.2, -0.15) is 5.26 Å². The van der Waals surface area contributed by atoms with E-state index in [2.05, 4.69) is 5.32 Å². The second-order valence-electron chi connectivity index (χ2n) is 5.34. The number of halogens is 2. The van der Waals surface area contributed by atoms with Crippen molar-refractivity contribution in [3.63, 3.8) is 0 Å². The van der Waals surface area contributed by atoms with Gasteiger partial charge >= 0.3 is 0 Å². The number of nitriles is 1. The normalized spacial score (nSPS) is 11.0. The Bertz CT molecular complexity index is 1010. The van der Waals surface area contributed by atoms with Crippen LogP contribution in [0.4, 0.5) is 5.69 Å². The number of nitrogens with zero attached hydrogens (tertiary/aromatic N) is 1. The number of carbonyl (C=O) groups excluding carboxylic acids is 1. The van der Waals surface area contributed by atoms with Crippen LogP contribution in [0.25, 0.3) is 17.4 Å². The zero-order valence-electron chi connectivity index (χ0n) is 13.4. The quantitative estimate of drug-likeness (QED) is 0.457. The Morgan fingerprint density at radius 3 is 2.50 bits per heavy atom. The van der Waals surface area contributed by atoms with Crippen molar-refractivity contribution in [1.82, 2.24) is 0 Å². The number of amides is 1. The number of rotatable bonds is 4. The molecular weight excluding hydrogens is 371 g/mol. The topological polar surface area (TPSA) is 66.0 Å². The highest BCUT2D eigenvalue weighted by Gasteiger charge is 2.11. The van der Waals surface area contributed by atoms with Crippen molar-refractivity contribution in [2.75, 3.05) is 5.32 Å². The standard InChI is InChI=1S/C20H12Cl2N2O2/c21-15-4-6-17(7-5-15)24-20(25)14(12-23)11-18-8-9-19(26-18)13-2-1-3-16(22)10-13/h1-11H,(H,24,25). The lowest BCUT2D eigenvalue weighted by atomic mass is 10.2. The van der Waals surface area contributed by atoms with Crippen LogP contribution in [0.15, 0.2) is 70.7 Å². The maximum absolute atomic E-state index is 12.3. The lowest BCUT2D eigenvalue weighted by molar-refractivity contribution is -0.112. The SMILES string of the molecule is N#CC(=Cc1ccc(-c2cccc(Cl)c2)o1)C(=O)Nc1ccc(Cl)cc1. The molecule has 3 aromatic rings. The average molecular weight is 383 g/mol. The van der Waals surface area contributed by atoms with Gasteiger partial charge in [0.15, 0.2) is 0 Å². The number of hydrogen-bond acceptors (Lipinski definition) is 3. The number of hydrogen-bond donors (Lipinski definition) is 1. The second-order valence-corrected chi connectivity index (χ2v) is 6.22. The third-order valence-corrected chi connectivity index (χ3v) is 3.98. The van der Waals surface area contributed by atoms with Gasteiger partial charge in [0, 0.05) is 27.4 Å². The van der Waals surface area contributed by atoms with Crippen molar-refractivity contribution in [2.45, 2.75) is 0 Å². The lowest BCUT2D eigenvalue weighted by Crippen LogP contribution is -2.13. The Morgan fingerprint density at radius 2 is 1.81 bits per heavy atom. The Labute approximate surface area is 160 Å². The molecule has 1 amide bonds. The van der Waals surface area contributed by atoms with Gasteiger partial charge in [0.05, 0.1) is 0 Å². The van der Waals surface area contributed by atoms with Crippen molar-refractivity contribution in [3.8, 4) is 17.4 Å². The van der Waals surface area contributed by atoms with Crippen molar-refractivity contribution in [1.29, 1.82) is 5.26 Å². The molecule has 26 heavy (non-hydrogen) atoms. The van der Waals surface area contributed by atoms with Crippen molar-refractivity contribution in [3.05, 3.63) is 82.0 Å². The summed E-state index contributed by atoms with van der Waals surface area (Å²) in [5.41, 5.74) is 1.27. The van der Waals surface area contributed by atoms with Crippen LogP contribution in [-0.4, -0.2) is 5.91 Å². The van der Waals surface area contributed by atoms with E-state index in [4.69, 9.17) is 27.6 Å². The van der Waals surface area contributed by atoms with Gasteiger partial charge in [0.2, 0.25) is 0 Å². The van der Waals surface area contributed by atoms with E-state index in [9.17, 15) is 10.1 Å². The predicted octanol–water partition coefficient (Wildman–Crippen LogP) is 5.80. The summed E-state index contributed by atoms with van der Waals surface area (Å²) in [7, 11) is 0. The Balaban J connectivity index is 1.80. The third kappa shape index (κ3) is 4.34. The summed E-state index contributed by atoms with van der Waals surface area (Å²) in [6, 6.07) is 19.1. The van der Waals surface area contributed by atoms with Crippen LogP contribution >= 0.6 is 23.2 Å². The Morgan fingerprint density at radius 1 is 1.04 bits per heavy atom. The van der Waals surface area contributed by atoms with Crippen LogP contribution in [-0.2, 0) is 4.79 Å². The fraction of sp³-hybridized carbons (Fsp3) is 0. The van der Waals surface area contributed by atoms with Crippen molar-refractivity contribution < 1.29 is 9.21 Å². The van der Waals surface area contributed by atoms with Crippen LogP contribution < -0.4 is 5.32 Å². The number of furan rings is 1. The molecule has 2 aromatic carbocycles. The van der Waals surface area contributed by atoms with E-state index in [0.717, 1.165) is 5.56 Å². The fourth-order valence-electron chi connectivity index (χ4n) is 2.25. The summed E-state index contributed by atoms with van der Waals surface area (Å²) in [6.07, 6.45) is 1.39. The van der Waals surface area contributed by atoms with Crippen LogP contribution in [0.1, 0.15) is 5.76 Å². The van der Waals surface area contributed by atoms with Crippen LogP contribution in [0.2, 0.25) is 10.0 Å². The highest BCUT2D eigenvalue weighted by molar-refractivity contribution is 6.31. The van der Waals surface area contributed by atoms with E-state index in [0.29, 0.717) is 27.3 Å². The van der Waals surface area contributed by atoms with E-state index in [1.165, 1.54) is 6.08 Å². The van der Waals surface area contributed by atoms with Crippen LogP contribution in [0, 0.1) is 11.3 Å². The monoisotopic (exact) mass is 382 g/mol. The molecule has 1 aromatic heterocycles. The molecule has 0 aliphatic heterocycles. The smallest absolute Gasteiger partial charge is 0.266 e. The van der Waals surface area contributed by atoms with Crippen molar-refractivity contribution >= 4 is 40.9 Å². The molecule has 0 fully saturated rings. The maximum atomic E-state index is 12.3. The van der Waals surface area contributed by atoms with E-state index in [1.54, 1.807) is 48.5 Å². The van der Waals surface area contributed by atoms with Gasteiger partial charge in [-0.05, 0) is 48.5 Å². The largest absolute Gasteiger partial charge is 0.457 e. The van der Waals surface area contributed by atoms with Crippen molar-refractivity contribution in [2.24, 2.45) is 0 Å². The molecule has 0 aliphatic carbocycles. The predicted molar refractivity (Wildman–Crippen MR) is 103 cm³/mol.